The van der Waals surface area contributed by atoms with Crippen LogP contribution in [0.1, 0.15) is 15.9 Å². The molecular weight excluding hydrogens is 438 g/mol. The van der Waals surface area contributed by atoms with Gasteiger partial charge in [0.05, 0.1) is 24.8 Å². The molecule has 3 aromatic carbocycles. The molecule has 0 saturated heterocycles. The lowest BCUT2D eigenvalue weighted by Crippen LogP contribution is -2.20. The lowest BCUT2D eigenvalue weighted by atomic mass is 9.99. The second-order valence-corrected chi connectivity index (χ2v) is 8.06. The van der Waals surface area contributed by atoms with Gasteiger partial charge in [0.2, 0.25) is 0 Å². The molecule has 0 radical (unpaired) electrons. The van der Waals surface area contributed by atoms with E-state index in [2.05, 4.69) is 0 Å². The smallest absolute Gasteiger partial charge is 0.189 e. The third-order valence-electron chi connectivity index (χ3n) is 5.08. The van der Waals surface area contributed by atoms with Crippen LogP contribution in [0.4, 0.5) is 0 Å². The predicted molar refractivity (Wildman–Crippen MR) is 134 cm³/mol. The van der Waals surface area contributed by atoms with Gasteiger partial charge in [-0.3, -0.25) is 4.79 Å². The van der Waals surface area contributed by atoms with Crippen LogP contribution < -0.4 is 14.2 Å². The first-order valence-corrected chi connectivity index (χ1v) is 10.9. The summed E-state index contributed by atoms with van der Waals surface area (Å²) in [6.07, 6.45) is 3.21. The zero-order valence-corrected chi connectivity index (χ0v) is 20.1. The van der Waals surface area contributed by atoms with Gasteiger partial charge in [-0.1, -0.05) is 35.9 Å². The van der Waals surface area contributed by atoms with Crippen LogP contribution in [0.25, 0.3) is 17.2 Å². The van der Waals surface area contributed by atoms with Crippen LogP contribution in [0.2, 0.25) is 5.02 Å². The largest absolute Gasteiger partial charge is 0.497 e. The van der Waals surface area contributed by atoms with Crippen molar-refractivity contribution in [2.75, 3.05) is 41.5 Å². The topological polar surface area (TPSA) is 48.0 Å². The zero-order chi connectivity index (χ0) is 23.8. The number of nitrogens with zero attached hydrogens (tertiary/aromatic N) is 1. The van der Waals surface area contributed by atoms with Crippen molar-refractivity contribution in [2.45, 2.75) is 0 Å². The van der Waals surface area contributed by atoms with Gasteiger partial charge in [0.15, 0.2) is 5.78 Å². The summed E-state index contributed by atoms with van der Waals surface area (Å²) < 4.78 is 16.6. The molecule has 0 aliphatic heterocycles. The van der Waals surface area contributed by atoms with Crippen LogP contribution >= 0.6 is 11.6 Å². The van der Waals surface area contributed by atoms with Crippen LogP contribution in [-0.4, -0.2) is 52.1 Å². The van der Waals surface area contributed by atoms with E-state index in [4.69, 9.17) is 25.8 Å². The predicted octanol–water partition coefficient (Wildman–Crippen LogP) is 5.86. The molecule has 3 rings (SSSR count). The van der Waals surface area contributed by atoms with Crippen molar-refractivity contribution in [3.8, 4) is 28.4 Å². The number of likely N-dealkylation sites (N-methyl/N-ethyl adjacent to an activating group) is 1. The van der Waals surface area contributed by atoms with E-state index in [1.54, 1.807) is 32.4 Å². The van der Waals surface area contributed by atoms with Crippen molar-refractivity contribution in [2.24, 2.45) is 0 Å². The number of ketones is 1. The van der Waals surface area contributed by atoms with Gasteiger partial charge in [0.25, 0.3) is 0 Å². The molecule has 6 heteroatoms. The van der Waals surface area contributed by atoms with Gasteiger partial charge in [-0.2, -0.15) is 0 Å². The fraction of sp³-hybridized carbons (Fsp3) is 0.222. The highest BCUT2D eigenvalue weighted by Crippen LogP contribution is 2.33. The van der Waals surface area contributed by atoms with E-state index >= 15 is 0 Å². The highest BCUT2D eigenvalue weighted by molar-refractivity contribution is 6.32. The monoisotopic (exact) mass is 465 g/mol. The van der Waals surface area contributed by atoms with E-state index in [1.165, 1.54) is 6.08 Å². The Morgan fingerprint density at radius 3 is 2.45 bits per heavy atom. The van der Waals surface area contributed by atoms with Crippen molar-refractivity contribution in [1.29, 1.82) is 0 Å². The summed E-state index contributed by atoms with van der Waals surface area (Å²) in [5.41, 5.74) is 2.96. The van der Waals surface area contributed by atoms with Crippen molar-refractivity contribution in [1.82, 2.24) is 4.90 Å². The first-order chi connectivity index (χ1) is 15.9. The number of ether oxygens (including phenoxy) is 3. The van der Waals surface area contributed by atoms with E-state index in [1.807, 2.05) is 67.5 Å². The highest BCUT2D eigenvalue weighted by atomic mass is 35.5. The number of allylic oxidation sites excluding steroid dienone is 1. The fourth-order valence-electron chi connectivity index (χ4n) is 3.26. The normalized spacial score (nSPS) is 11.1. The molecule has 0 bridgehead atoms. The van der Waals surface area contributed by atoms with Gasteiger partial charge < -0.3 is 19.1 Å². The van der Waals surface area contributed by atoms with Gasteiger partial charge in [0, 0.05) is 12.1 Å². The first-order valence-electron chi connectivity index (χ1n) is 10.5. The molecule has 0 unspecified atom stereocenters. The molecule has 5 nitrogen and oxygen atoms in total. The molecule has 0 atom stereocenters. The number of rotatable bonds is 10. The number of hydrogen-bond donors (Lipinski definition) is 0. The summed E-state index contributed by atoms with van der Waals surface area (Å²) in [5, 5.41) is 0.503. The Morgan fingerprint density at radius 1 is 0.970 bits per heavy atom. The van der Waals surface area contributed by atoms with Gasteiger partial charge in [-0.25, -0.2) is 0 Å². The second-order valence-electron chi connectivity index (χ2n) is 7.65. The lowest BCUT2D eigenvalue weighted by Gasteiger charge is -2.15. The highest BCUT2D eigenvalue weighted by Gasteiger charge is 2.15. The molecule has 0 heterocycles. The lowest BCUT2D eigenvalue weighted by molar-refractivity contribution is 0.104. The average Bonchev–Trinajstić information content (AvgIpc) is 2.82. The second kappa shape index (κ2) is 11.5. The van der Waals surface area contributed by atoms with Gasteiger partial charge in [0.1, 0.15) is 23.9 Å². The van der Waals surface area contributed by atoms with E-state index in [0.29, 0.717) is 28.7 Å². The number of benzene rings is 3. The Hall–Kier alpha value is -3.28. The van der Waals surface area contributed by atoms with Crippen LogP contribution in [0.3, 0.4) is 0 Å². The van der Waals surface area contributed by atoms with E-state index in [9.17, 15) is 4.79 Å². The number of carbonyl (C=O) groups excluding carboxylic acids is 1. The summed E-state index contributed by atoms with van der Waals surface area (Å²) in [7, 11) is 7.16. The summed E-state index contributed by atoms with van der Waals surface area (Å²) >= 11 is 6.32. The zero-order valence-electron chi connectivity index (χ0n) is 19.3. The number of para-hydroxylation sites is 1. The molecule has 0 amide bonds. The van der Waals surface area contributed by atoms with E-state index in [-0.39, 0.29) is 5.78 Å². The maximum absolute atomic E-state index is 13.2. The maximum Gasteiger partial charge on any atom is 0.189 e. The summed E-state index contributed by atoms with van der Waals surface area (Å²) in [6, 6.07) is 18.6. The molecule has 0 N–H and O–H groups in total. The third kappa shape index (κ3) is 6.37. The molecule has 0 aliphatic rings. The molecule has 33 heavy (non-hydrogen) atoms. The van der Waals surface area contributed by atoms with Crippen LogP contribution in [-0.2, 0) is 0 Å². The summed E-state index contributed by atoms with van der Waals surface area (Å²) in [5.74, 6) is 1.74. The molecule has 0 saturated carbocycles. The molecule has 3 aromatic rings. The van der Waals surface area contributed by atoms with Gasteiger partial charge in [-0.05, 0) is 73.8 Å². The average molecular weight is 466 g/mol. The number of hydrogen-bond acceptors (Lipinski definition) is 5. The Kier molecular flexibility index (Phi) is 8.52. The van der Waals surface area contributed by atoms with Crippen molar-refractivity contribution < 1.29 is 19.0 Å². The number of methoxy groups -OCH3 is 2. The van der Waals surface area contributed by atoms with Crippen LogP contribution in [0.15, 0.2) is 66.7 Å². The SMILES string of the molecule is COc1ccc(C=CC(=O)c2cc(-c3ccccc3OC)ccc2OCCN(C)C)c(Cl)c1. The van der Waals surface area contributed by atoms with E-state index in [0.717, 1.165) is 29.0 Å². The minimum Gasteiger partial charge on any atom is -0.497 e. The first kappa shape index (κ1) is 24.4. The Balaban J connectivity index is 1.96. The Bertz CT molecular complexity index is 1140. The van der Waals surface area contributed by atoms with Crippen molar-refractivity contribution in [3.63, 3.8) is 0 Å². The third-order valence-corrected chi connectivity index (χ3v) is 5.41. The molecular formula is C27H28ClNO4. The Morgan fingerprint density at radius 2 is 1.76 bits per heavy atom. The Labute approximate surface area is 200 Å². The van der Waals surface area contributed by atoms with Crippen LogP contribution in [0.5, 0.6) is 17.2 Å². The quantitative estimate of drug-likeness (QED) is 0.277. The van der Waals surface area contributed by atoms with Crippen molar-refractivity contribution >= 4 is 23.5 Å². The number of carbonyl (C=O) groups is 1. The standard InChI is InChI=1S/C27H28ClNO4/c1-29(2)15-16-33-27-14-11-20(22-7-5-6-8-26(22)32-4)17-23(27)25(30)13-10-19-9-12-21(31-3)18-24(19)28/h5-14,17-18H,15-16H2,1-4H3. The van der Waals surface area contributed by atoms with Gasteiger partial charge >= 0.3 is 0 Å². The molecule has 0 spiro atoms. The minimum absolute atomic E-state index is 0.182. The molecule has 0 aliphatic carbocycles. The molecule has 0 aromatic heterocycles. The summed E-state index contributed by atoms with van der Waals surface area (Å²) in [4.78, 5) is 15.3. The molecule has 0 fully saturated rings. The van der Waals surface area contributed by atoms with Crippen molar-refractivity contribution in [3.05, 3.63) is 82.9 Å². The van der Waals surface area contributed by atoms with E-state index < -0.39 is 0 Å². The molecule has 172 valence electrons. The fourth-order valence-corrected chi connectivity index (χ4v) is 3.50. The minimum atomic E-state index is -0.182. The maximum atomic E-state index is 13.2. The summed E-state index contributed by atoms with van der Waals surface area (Å²) in [6.45, 7) is 1.20. The number of halogens is 1. The van der Waals surface area contributed by atoms with Crippen LogP contribution in [0, 0.1) is 0 Å². The van der Waals surface area contributed by atoms with Gasteiger partial charge in [-0.15, -0.1) is 0 Å².